The SMILES string of the molecule is CCCn1c(SCc2ccccc2)nnc1-c1ccc(Cl)cc1. The molecule has 0 aliphatic carbocycles. The lowest BCUT2D eigenvalue weighted by Gasteiger charge is -2.09. The van der Waals surface area contributed by atoms with Gasteiger partial charge in [-0.3, -0.25) is 0 Å². The molecule has 0 fully saturated rings. The highest BCUT2D eigenvalue weighted by Gasteiger charge is 2.13. The number of aromatic nitrogens is 3. The van der Waals surface area contributed by atoms with Gasteiger partial charge in [-0.25, -0.2) is 0 Å². The number of hydrogen-bond acceptors (Lipinski definition) is 3. The minimum Gasteiger partial charge on any atom is -0.302 e. The largest absolute Gasteiger partial charge is 0.302 e. The zero-order chi connectivity index (χ0) is 16.1. The summed E-state index contributed by atoms with van der Waals surface area (Å²) >= 11 is 7.70. The predicted octanol–water partition coefficient (Wildman–Crippen LogP) is 5.30. The number of benzene rings is 2. The molecule has 3 nitrogen and oxygen atoms in total. The molecule has 0 saturated carbocycles. The molecule has 0 saturated heterocycles. The molecule has 5 heteroatoms. The Bertz CT molecular complexity index is 754. The van der Waals surface area contributed by atoms with E-state index in [0.717, 1.165) is 40.3 Å². The van der Waals surface area contributed by atoms with E-state index in [2.05, 4.69) is 46.0 Å². The van der Waals surface area contributed by atoms with Gasteiger partial charge in [-0.1, -0.05) is 60.6 Å². The van der Waals surface area contributed by atoms with Crippen LogP contribution in [0.2, 0.25) is 5.02 Å². The highest BCUT2D eigenvalue weighted by molar-refractivity contribution is 7.98. The van der Waals surface area contributed by atoms with E-state index in [9.17, 15) is 0 Å². The molecule has 3 aromatic rings. The van der Waals surface area contributed by atoms with Crippen LogP contribution >= 0.6 is 23.4 Å². The van der Waals surface area contributed by atoms with Crippen LogP contribution in [0.1, 0.15) is 18.9 Å². The van der Waals surface area contributed by atoms with Crippen LogP contribution in [0, 0.1) is 0 Å². The van der Waals surface area contributed by atoms with Crippen LogP contribution in [0.25, 0.3) is 11.4 Å². The van der Waals surface area contributed by atoms with E-state index in [1.54, 1.807) is 11.8 Å². The average Bonchev–Trinajstić information content (AvgIpc) is 2.98. The maximum Gasteiger partial charge on any atom is 0.191 e. The Labute approximate surface area is 145 Å². The molecule has 0 atom stereocenters. The van der Waals surface area contributed by atoms with E-state index in [-0.39, 0.29) is 0 Å². The molecule has 23 heavy (non-hydrogen) atoms. The van der Waals surface area contributed by atoms with Crippen LogP contribution in [-0.4, -0.2) is 14.8 Å². The van der Waals surface area contributed by atoms with Crippen LogP contribution in [0.3, 0.4) is 0 Å². The summed E-state index contributed by atoms with van der Waals surface area (Å²) in [5.41, 5.74) is 2.33. The predicted molar refractivity (Wildman–Crippen MR) is 96.8 cm³/mol. The second kappa shape index (κ2) is 7.66. The molecule has 118 valence electrons. The van der Waals surface area contributed by atoms with Crippen molar-refractivity contribution in [2.45, 2.75) is 30.8 Å². The lowest BCUT2D eigenvalue weighted by atomic mass is 10.2. The van der Waals surface area contributed by atoms with E-state index >= 15 is 0 Å². The van der Waals surface area contributed by atoms with Gasteiger partial charge in [-0.15, -0.1) is 10.2 Å². The summed E-state index contributed by atoms with van der Waals surface area (Å²) in [6, 6.07) is 18.2. The Morgan fingerprint density at radius 1 is 1.00 bits per heavy atom. The average molecular weight is 344 g/mol. The number of thioether (sulfide) groups is 1. The molecular formula is C18H18ClN3S. The topological polar surface area (TPSA) is 30.7 Å². The highest BCUT2D eigenvalue weighted by atomic mass is 35.5. The van der Waals surface area contributed by atoms with Gasteiger partial charge in [0.25, 0.3) is 0 Å². The number of rotatable bonds is 6. The summed E-state index contributed by atoms with van der Waals surface area (Å²) in [7, 11) is 0. The molecule has 2 aromatic carbocycles. The maximum absolute atomic E-state index is 5.98. The zero-order valence-corrected chi connectivity index (χ0v) is 14.5. The lowest BCUT2D eigenvalue weighted by molar-refractivity contribution is 0.626. The summed E-state index contributed by atoms with van der Waals surface area (Å²) in [6.45, 7) is 3.07. The van der Waals surface area contributed by atoms with Crippen LogP contribution in [0.15, 0.2) is 59.8 Å². The van der Waals surface area contributed by atoms with Crippen LogP contribution in [0.5, 0.6) is 0 Å². The van der Waals surface area contributed by atoms with Gasteiger partial charge in [0.05, 0.1) is 0 Å². The Hall–Kier alpha value is -1.78. The molecule has 1 aromatic heterocycles. The number of nitrogens with zero attached hydrogens (tertiary/aromatic N) is 3. The molecule has 0 spiro atoms. The third kappa shape index (κ3) is 3.95. The minimum absolute atomic E-state index is 0.731. The molecule has 0 unspecified atom stereocenters. The van der Waals surface area contributed by atoms with Crippen molar-refractivity contribution < 1.29 is 0 Å². The Morgan fingerprint density at radius 3 is 2.43 bits per heavy atom. The smallest absolute Gasteiger partial charge is 0.191 e. The van der Waals surface area contributed by atoms with Crippen LogP contribution in [0.4, 0.5) is 0 Å². The zero-order valence-electron chi connectivity index (χ0n) is 12.9. The first-order valence-electron chi connectivity index (χ1n) is 7.64. The normalized spacial score (nSPS) is 10.9. The Morgan fingerprint density at radius 2 is 1.74 bits per heavy atom. The summed E-state index contributed by atoms with van der Waals surface area (Å²) in [4.78, 5) is 0. The second-order valence-electron chi connectivity index (χ2n) is 5.24. The van der Waals surface area contributed by atoms with Gasteiger partial charge in [-0.2, -0.15) is 0 Å². The third-order valence-electron chi connectivity index (χ3n) is 3.48. The standard InChI is InChI=1S/C18H18ClN3S/c1-2-12-22-17(15-8-10-16(19)11-9-15)20-21-18(22)23-13-14-6-4-3-5-7-14/h3-11H,2,12-13H2,1H3. The quantitative estimate of drug-likeness (QED) is 0.569. The van der Waals surface area contributed by atoms with Crippen molar-refractivity contribution in [3.8, 4) is 11.4 Å². The van der Waals surface area contributed by atoms with Crippen molar-refractivity contribution in [3.63, 3.8) is 0 Å². The van der Waals surface area contributed by atoms with E-state index in [0.29, 0.717) is 0 Å². The molecule has 3 rings (SSSR count). The van der Waals surface area contributed by atoms with Crippen molar-refractivity contribution in [1.82, 2.24) is 14.8 Å². The molecule has 0 amide bonds. The first-order valence-corrected chi connectivity index (χ1v) is 9.00. The summed E-state index contributed by atoms with van der Waals surface area (Å²) in [6.07, 6.45) is 1.04. The van der Waals surface area contributed by atoms with E-state index in [1.165, 1.54) is 5.56 Å². The molecule has 0 bridgehead atoms. The molecule has 0 aliphatic heterocycles. The van der Waals surface area contributed by atoms with Gasteiger partial charge in [0.2, 0.25) is 0 Å². The van der Waals surface area contributed by atoms with Crippen LogP contribution < -0.4 is 0 Å². The Balaban J connectivity index is 1.84. The van der Waals surface area contributed by atoms with Crippen molar-refractivity contribution in [3.05, 3.63) is 65.2 Å². The fraction of sp³-hybridized carbons (Fsp3) is 0.222. The molecule has 0 aliphatic rings. The fourth-order valence-electron chi connectivity index (χ4n) is 2.36. The summed E-state index contributed by atoms with van der Waals surface area (Å²) in [5, 5.41) is 10.5. The van der Waals surface area contributed by atoms with Crippen molar-refractivity contribution >= 4 is 23.4 Å². The van der Waals surface area contributed by atoms with Crippen molar-refractivity contribution in [2.75, 3.05) is 0 Å². The molecular weight excluding hydrogens is 326 g/mol. The monoisotopic (exact) mass is 343 g/mol. The van der Waals surface area contributed by atoms with Gasteiger partial charge in [0, 0.05) is 22.9 Å². The molecule has 1 heterocycles. The van der Waals surface area contributed by atoms with Crippen molar-refractivity contribution in [2.24, 2.45) is 0 Å². The molecule has 0 N–H and O–H groups in total. The van der Waals surface area contributed by atoms with E-state index in [1.807, 2.05) is 30.3 Å². The van der Waals surface area contributed by atoms with Gasteiger partial charge in [0.1, 0.15) is 0 Å². The van der Waals surface area contributed by atoms with Crippen molar-refractivity contribution in [1.29, 1.82) is 0 Å². The molecule has 0 radical (unpaired) electrons. The van der Waals surface area contributed by atoms with Gasteiger partial charge in [-0.05, 0) is 36.2 Å². The summed E-state index contributed by atoms with van der Waals surface area (Å²) in [5.74, 6) is 1.79. The van der Waals surface area contributed by atoms with E-state index in [4.69, 9.17) is 11.6 Å². The van der Waals surface area contributed by atoms with Gasteiger partial charge < -0.3 is 4.57 Å². The fourth-order valence-corrected chi connectivity index (χ4v) is 3.40. The highest BCUT2D eigenvalue weighted by Crippen LogP contribution is 2.27. The maximum atomic E-state index is 5.98. The van der Waals surface area contributed by atoms with Gasteiger partial charge in [0.15, 0.2) is 11.0 Å². The minimum atomic E-state index is 0.731. The first-order chi connectivity index (χ1) is 11.3. The summed E-state index contributed by atoms with van der Waals surface area (Å²) < 4.78 is 2.19. The Kier molecular flexibility index (Phi) is 5.36. The van der Waals surface area contributed by atoms with Crippen LogP contribution in [-0.2, 0) is 12.3 Å². The number of hydrogen-bond donors (Lipinski definition) is 0. The lowest BCUT2D eigenvalue weighted by Crippen LogP contribution is -2.02. The third-order valence-corrected chi connectivity index (χ3v) is 4.77. The second-order valence-corrected chi connectivity index (χ2v) is 6.62. The van der Waals surface area contributed by atoms with Gasteiger partial charge >= 0.3 is 0 Å². The number of halogens is 1. The van der Waals surface area contributed by atoms with E-state index < -0.39 is 0 Å². The first kappa shape index (κ1) is 16.1.